The summed E-state index contributed by atoms with van der Waals surface area (Å²) < 4.78 is 74.3. The lowest BCUT2D eigenvalue weighted by molar-refractivity contribution is -0.128. The predicted octanol–water partition coefficient (Wildman–Crippen LogP) is 4.10. The second kappa shape index (κ2) is 4.03. The van der Waals surface area contributed by atoms with Crippen molar-refractivity contribution < 1.29 is 26.3 Å². The van der Waals surface area contributed by atoms with Gasteiger partial charge in [0.25, 0.3) is 0 Å². The first kappa shape index (κ1) is 12.4. The highest BCUT2D eigenvalue weighted by molar-refractivity contribution is 9.09. The molecule has 0 aliphatic rings. The average molecular weight is 293 g/mol. The standard InChI is InChI=1S/C8H3BrF6/c9-7(8(13,14)15)3-1-2-4(10)6(12)5(3)11/h1-2,7H/t7-/m1/s1. The number of hydrogen-bond acceptors (Lipinski definition) is 0. The second-order valence-corrected chi connectivity index (χ2v) is 3.58. The molecule has 0 N–H and O–H groups in total. The largest absolute Gasteiger partial charge is 0.405 e. The van der Waals surface area contributed by atoms with Gasteiger partial charge < -0.3 is 0 Å². The zero-order valence-electron chi connectivity index (χ0n) is 6.88. The fourth-order valence-electron chi connectivity index (χ4n) is 0.913. The van der Waals surface area contributed by atoms with Gasteiger partial charge in [-0.3, -0.25) is 0 Å². The van der Waals surface area contributed by atoms with Crippen LogP contribution in [0.4, 0.5) is 26.3 Å². The topological polar surface area (TPSA) is 0 Å². The van der Waals surface area contributed by atoms with Crippen molar-refractivity contribution in [2.45, 2.75) is 11.0 Å². The molecule has 0 heterocycles. The van der Waals surface area contributed by atoms with Gasteiger partial charge in [-0.15, -0.1) is 0 Å². The monoisotopic (exact) mass is 292 g/mol. The highest BCUT2D eigenvalue weighted by atomic mass is 79.9. The molecule has 0 spiro atoms. The van der Waals surface area contributed by atoms with Crippen LogP contribution in [-0.4, -0.2) is 6.18 Å². The molecule has 1 rings (SSSR count). The van der Waals surface area contributed by atoms with Gasteiger partial charge in [-0.05, 0) is 6.07 Å². The number of benzene rings is 1. The van der Waals surface area contributed by atoms with Gasteiger partial charge in [0.2, 0.25) is 0 Å². The Morgan fingerprint density at radius 3 is 2.00 bits per heavy atom. The lowest BCUT2D eigenvalue weighted by Crippen LogP contribution is -2.17. The van der Waals surface area contributed by atoms with Crippen LogP contribution in [0.25, 0.3) is 0 Å². The van der Waals surface area contributed by atoms with Crippen molar-refractivity contribution in [2.24, 2.45) is 0 Å². The van der Waals surface area contributed by atoms with Gasteiger partial charge in [-0.1, -0.05) is 22.0 Å². The summed E-state index contributed by atoms with van der Waals surface area (Å²) in [7, 11) is 0. The summed E-state index contributed by atoms with van der Waals surface area (Å²) in [5.41, 5.74) is -0.985. The fraction of sp³-hybridized carbons (Fsp3) is 0.250. The molecule has 0 aliphatic heterocycles. The Bertz CT molecular complexity index is 372. The average Bonchev–Trinajstić information content (AvgIpc) is 2.12. The summed E-state index contributed by atoms with van der Waals surface area (Å²) in [6.45, 7) is 0. The van der Waals surface area contributed by atoms with E-state index in [-0.39, 0.29) is 0 Å². The van der Waals surface area contributed by atoms with E-state index in [2.05, 4.69) is 15.9 Å². The smallest absolute Gasteiger partial charge is 0.204 e. The Morgan fingerprint density at radius 1 is 1.00 bits per heavy atom. The molecule has 1 atom stereocenters. The van der Waals surface area contributed by atoms with Gasteiger partial charge in [0.15, 0.2) is 17.5 Å². The molecule has 0 nitrogen and oxygen atoms in total. The fourth-order valence-corrected chi connectivity index (χ4v) is 1.27. The zero-order valence-corrected chi connectivity index (χ0v) is 8.46. The molecule has 0 unspecified atom stereocenters. The van der Waals surface area contributed by atoms with Crippen molar-refractivity contribution in [1.82, 2.24) is 0 Å². The number of alkyl halides is 4. The molecule has 7 heteroatoms. The maximum atomic E-state index is 12.9. The van der Waals surface area contributed by atoms with E-state index < -0.39 is 34.0 Å². The van der Waals surface area contributed by atoms with Gasteiger partial charge >= 0.3 is 6.18 Å². The Hall–Kier alpha value is -0.720. The van der Waals surface area contributed by atoms with E-state index in [1.807, 2.05) is 0 Å². The number of rotatable bonds is 1. The SMILES string of the molecule is Fc1ccc([C@@H](Br)C(F)(F)F)c(F)c1F. The van der Waals surface area contributed by atoms with Crippen molar-refractivity contribution in [3.63, 3.8) is 0 Å². The van der Waals surface area contributed by atoms with E-state index >= 15 is 0 Å². The molecule has 84 valence electrons. The van der Waals surface area contributed by atoms with E-state index in [4.69, 9.17) is 0 Å². The zero-order chi connectivity index (χ0) is 11.8. The third-order valence-electron chi connectivity index (χ3n) is 1.63. The van der Waals surface area contributed by atoms with E-state index in [1.165, 1.54) is 0 Å². The van der Waals surface area contributed by atoms with Crippen LogP contribution >= 0.6 is 15.9 Å². The van der Waals surface area contributed by atoms with Gasteiger partial charge in [0.05, 0.1) is 0 Å². The molecule has 0 saturated heterocycles. The number of hydrogen-bond donors (Lipinski definition) is 0. The minimum atomic E-state index is -4.77. The third-order valence-corrected chi connectivity index (χ3v) is 2.64. The molecule has 0 amide bonds. The molecule has 0 saturated carbocycles. The summed E-state index contributed by atoms with van der Waals surface area (Å²) in [6, 6.07) is 0.981. The molecular weight excluding hydrogens is 290 g/mol. The predicted molar refractivity (Wildman–Crippen MR) is 44.0 cm³/mol. The van der Waals surface area contributed by atoms with Crippen molar-refractivity contribution >= 4 is 15.9 Å². The van der Waals surface area contributed by atoms with Crippen LogP contribution in [0.1, 0.15) is 10.4 Å². The van der Waals surface area contributed by atoms with Crippen molar-refractivity contribution in [3.05, 3.63) is 35.1 Å². The van der Waals surface area contributed by atoms with Crippen molar-refractivity contribution in [3.8, 4) is 0 Å². The lowest BCUT2D eigenvalue weighted by Gasteiger charge is -2.15. The molecule has 0 aromatic heterocycles. The van der Waals surface area contributed by atoms with Gasteiger partial charge in [0.1, 0.15) is 4.83 Å². The first-order valence-corrected chi connectivity index (χ1v) is 4.51. The van der Waals surface area contributed by atoms with Crippen LogP contribution < -0.4 is 0 Å². The van der Waals surface area contributed by atoms with Crippen LogP contribution in [0.2, 0.25) is 0 Å². The van der Waals surface area contributed by atoms with Crippen molar-refractivity contribution in [1.29, 1.82) is 0 Å². The van der Waals surface area contributed by atoms with Gasteiger partial charge in [-0.25, -0.2) is 13.2 Å². The first-order chi connectivity index (χ1) is 6.75. The van der Waals surface area contributed by atoms with Crippen LogP contribution in [0, 0.1) is 17.5 Å². The molecule has 0 bridgehead atoms. The van der Waals surface area contributed by atoms with E-state index in [9.17, 15) is 26.3 Å². The van der Waals surface area contributed by atoms with Gasteiger partial charge in [-0.2, -0.15) is 13.2 Å². The first-order valence-electron chi connectivity index (χ1n) is 3.59. The normalized spacial score (nSPS) is 14.1. The van der Waals surface area contributed by atoms with Crippen molar-refractivity contribution in [2.75, 3.05) is 0 Å². The Balaban J connectivity index is 3.23. The summed E-state index contributed by atoms with van der Waals surface area (Å²) in [5.74, 6) is -5.28. The summed E-state index contributed by atoms with van der Waals surface area (Å²) >= 11 is 2.16. The van der Waals surface area contributed by atoms with E-state index in [0.29, 0.717) is 12.1 Å². The second-order valence-electron chi connectivity index (χ2n) is 2.67. The Morgan fingerprint density at radius 2 is 1.53 bits per heavy atom. The maximum Gasteiger partial charge on any atom is 0.405 e. The van der Waals surface area contributed by atoms with Crippen LogP contribution in [0.3, 0.4) is 0 Å². The highest BCUT2D eigenvalue weighted by Crippen LogP contribution is 2.41. The third kappa shape index (κ3) is 2.45. The maximum absolute atomic E-state index is 12.9. The molecule has 0 fully saturated rings. The number of halogens is 7. The molecule has 15 heavy (non-hydrogen) atoms. The van der Waals surface area contributed by atoms with Crippen LogP contribution in [0.5, 0.6) is 0 Å². The van der Waals surface area contributed by atoms with Gasteiger partial charge in [0, 0.05) is 5.56 Å². The molecule has 0 radical (unpaired) electrons. The van der Waals surface area contributed by atoms with Crippen LogP contribution in [-0.2, 0) is 0 Å². The minimum Gasteiger partial charge on any atom is -0.204 e. The summed E-state index contributed by atoms with van der Waals surface area (Å²) in [4.78, 5) is -2.36. The Kier molecular flexibility index (Phi) is 3.32. The van der Waals surface area contributed by atoms with E-state index in [1.54, 1.807) is 0 Å². The lowest BCUT2D eigenvalue weighted by atomic mass is 10.1. The molecule has 1 aromatic rings. The quantitative estimate of drug-likeness (QED) is 0.415. The molecule has 0 aliphatic carbocycles. The summed E-state index contributed by atoms with van der Waals surface area (Å²) in [5, 5.41) is 0. The highest BCUT2D eigenvalue weighted by Gasteiger charge is 2.41. The van der Waals surface area contributed by atoms with E-state index in [0.717, 1.165) is 0 Å². The molecule has 1 aromatic carbocycles. The Labute approximate surface area is 89.0 Å². The van der Waals surface area contributed by atoms with Crippen LogP contribution in [0.15, 0.2) is 12.1 Å². The molecular formula is C8H3BrF6. The minimum absolute atomic E-state index is 0.438. The summed E-state index contributed by atoms with van der Waals surface area (Å²) in [6.07, 6.45) is -4.77.